The number of anilines is 1. The molecule has 0 aromatic heterocycles. The topological polar surface area (TPSA) is 58.2 Å². The summed E-state index contributed by atoms with van der Waals surface area (Å²) < 4.78 is 0. The number of hydrogen-bond acceptors (Lipinski definition) is 2. The van der Waals surface area contributed by atoms with Crippen LogP contribution in [0.1, 0.15) is 26.7 Å². The van der Waals surface area contributed by atoms with E-state index in [1.54, 1.807) is 6.92 Å². The van der Waals surface area contributed by atoms with Crippen LogP contribution < -0.4 is 10.6 Å². The lowest BCUT2D eigenvalue weighted by Crippen LogP contribution is -2.28. The number of carbonyl (C=O) groups excluding carboxylic acids is 2. The average molecular weight is 260 g/mol. The number of amides is 2. The number of benzene rings is 1. The Morgan fingerprint density at radius 2 is 1.89 bits per heavy atom. The number of carbonyl (C=O) groups is 2. The molecule has 4 nitrogen and oxygen atoms in total. The largest absolute Gasteiger partial charge is 0.352 e. The van der Waals surface area contributed by atoms with Crippen LogP contribution >= 0.6 is 0 Å². The Hall–Kier alpha value is -2.10. The van der Waals surface area contributed by atoms with Crippen molar-refractivity contribution in [1.29, 1.82) is 0 Å². The molecule has 1 rings (SSSR count). The fourth-order valence-electron chi connectivity index (χ4n) is 1.57. The molecular weight excluding hydrogens is 240 g/mol. The van der Waals surface area contributed by atoms with Crippen LogP contribution in [0.4, 0.5) is 5.69 Å². The average Bonchev–Trinajstić information content (AvgIpc) is 2.40. The molecule has 0 spiro atoms. The predicted molar refractivity (Wildman–Crippen MR) is 76.7 cm³/mol. The summed E-state index contributed by atoms with van der Waals surface area (Å²) in [5.74, 6) is -0.224. The van der Waals surface area contributed by atoms with Crippen LogP contribution in [0.2, 0.25) is 0 Å². The van der Waals surface area contributed by atoms with Gasteiger partial charge < -0.3 is 10.6 Å². The SMILES string of the molecule is CCC=C(C)C(=O)NCCC(=O)Nc1ccccc1. The number of para-hydroxylation sites is 1. The molecule has 0 aliphatic carbocycles. The highest BCUT2D eigenvalue weighted by Gasteiger charge is 2.05. The minimum Gasteiger partial charge on any atom is -0.352 e. The summed E-state index contributed by atoms with van der Waals surface area (Å²) >= 11 is 0. The summed E-state index contributed by atoms with van der Waals surface area (Å²) in [5, 5.41) is 5.48. The van der Waals surface area contributed by atoms with Gasteiger partial charge in [0.05, 0.1) is 0 Å². The highest BCUT2D eigenvalue weighted by Crippen LogP contribution is 2.05. The Labute approximate surface area is 113 Å². The van der Waals surface area contributed by atoms with E-state index >= 15 is 0 Å². The highest BCUT2D eigenvalue weighted by molar-refractivity contribution is 5.94. The molecule has 0 radical (unpaired) electrons. The van der Waals surface area contributed by atoms with Crippen LogP contribution in [0.3, 0.4) is 0 Å². The van der Waals surface area contributed by atoms with E-state index in [4.69, 9.17) is 0 Å². The lowest BCUT2D eigenvalue weighted by molar-refractivity contribution is -0.118. The lowest BCUT2D eigenvalue weighted by Gasteiger charge is -2.06. The minimum absolute atomic E-state index is 0.108. The summed E-state index contributed by atoms with van der Waals surface area (Å²) in [6, 6.07) is 9.25. The third-order valence-electron chi connectivity index (χ3n) is 2.56. The van der Waals surface area contributed by atoms with Gasteiger partial charge in [-0.1, -0.05) is 31.2 Å². The van der Waals surface area contributed by atoms with E-state index in [-0.39, 0.29) is 18.2 Å². The van der Waals surface area contributed by atoms with Crippen molar-refractivity contribution in [2.24, 2.45) is 0 Å². The van der Waals surface area contributed by atoms with Crippen molar-refractivity contribution in [2.45, 2.75) is 26.7 Å². The van der Waals surface area contributed by atoms with Crippen molar-refractivity contribution in [3.8, 4) is 0 Å². The van der Waals surface area contributed by atoms with Gasteiger partial charge in [0.15, 0.2) is 0 Å². The summed E-state index contributed by atoms with van der Waals surface area (Å²) in [4.78, 5) is 23.2. The summed E-state index contributed by atoms with van der Waals surface area (Å²) in [5.41, 5.74) is 1.45. The van der Waals surface area contributed by atoms with Crippen molar-refractivity contribution in [1.82, 2.24) is 5.32 Å². The Kier molecular flexibility index (Phi) is 6.36. The van der Waals surface area contributed by atoms with Crippen molar-refractivity contribution in [3.63, 3.8) is 0 Å². The Balaban J connectivity index is 2.28. The Bertz CT molecular complexity index is 452. The van der Waals surface area contributed by atoms with Crippen molar-refractivity contribution < 1.29 is 9.59 Å². The first-order valence-electron chi connectivity index (χ1n) is 6.43. The molecule has 19 heavy (non-hydrogen) atoms. The molecule has 0 aliphatic heterocycles. The second-order valence-corrected chi connectivity index (χ2v) is 4.22. The molecule has 0 heterocycles. The van der Waals surface area contributed by atoms with Gasteiger partial charge in [0, 0.05) is 24.2 Å². The number of allylic oxidation sites excluding steroid dienone is 1. The fourth-order valence-corrected chi connectivity index (χ4v) is 1.57. The molecule has 0 unspecified atom stereocenters. The molecule has 4 heteroatoms. The third-order valence-corrected chi connectivity index (χ3v) is 2.56. The first kappa shape index (κ1) is 15.0. The highest BCUT2D eigenvalue weighted by atomic mass is 16.2. The Morgan fingerprint density at radius 3 is 2.53 bits per heavy atom. The van der Waals surface area contributed by atoms with Crippen LogP contribution in [0, 0.1) is 0 Å². The molecule has 0 aliphatic rings. The van der Waals surface area contributed by atoms with Crippen LogP contribution in [0.25, 0.3) is 0 Å². The van der Waals surface area contributed by atoms with E-state index < -0.39 is 0 Å². The van der Waals surface area contributed by atoms with Gasteiger partial charge in [-0.15, -0.1) is 0 Å². The maximum Gasteiger partial charge on any atom is 0.246 e. The fraction of sp³-hybridized carbons (Fsp3) is 0.333. The summed E-state index contributed by atoms with van der Waals surface area (Å²) in [6.07, 6.45) is 2.95. The maximum absolute atomic E-state index is 11.6. The van der Waals surface area contributed by atoms with Gasteiger partial charge in [-0.05, 0) is 25.5 Å². The minimum atomic E-state index is -0.116. The second-order valence-electron chi connectivity index (χ2n) is 4.22. The van der Waals surface area contributed by atoms with Crippen molar-refractivity contribution in [2.75, 3.05) is 11.9 Å². The zero-order valence-corrected chi connectivity index (χ0v) is 11.4. The van der Waals surface area contributed by atoms with E-state index in [0.29, 0.717) is 12.1 Å². The van der Waals surface area contributed by atoms with Crippen molar-refractivity contribution in [3.05, 3.63) is 42.0 Å². The monoisotopic (exact) mass is 260 g/mol. The molecule has 1 aromatic carbocycles. The van der Waals surface area contributed by atoms with Crippen molar-refractivity contribution >= 4 is 17.5 Å². The Morgan fingerprint density at radius 1 is 1.21 bits per heavy atom. The summed E-state index contributed by atoms with van der Waals surface area (Å²) in [7, 11) is 0. The molecule has 0 saturated carbocycles. The van der Waals surface area contributed by atoms with E-state index in [0.717, 1.165) is 12.1 Å². The van der Waals surface area contributed by atoms with E-state index in [9.17, 15) is 9.59 Å². The van der Waals surface area contributed by atoms with Gasteiger partial charge in [-0.2, -0.15) is 0 Å². The van der Waals surface area contributed by atoms with Crippen LogP contribution in [-0.4, -0.2) is 18.4 Å². The second kappa shape index (κ2) is 8.08. The summed E-state index contributed by atoms with van der Waals surface area (Å²) in [6.45, 7) is 4.08. The molecule has 1 aromatic rings. The first-order chi connectivity index (χ1) is 9.13. The molecule has 2 amide bonds. The van der Waals surface area contributed by atoms with E-state index in [1.165, 1.54) is 0 Å². The molecule has 2 N–H and O–H groups in total. The molecule has 0 saturated heterocycles. The van der Waals surface area contributed by atoms with E-state index in [1.807, 2.05) is 43.3 Å². The number of nitrogens with one attached hydrogen (secondary N) is 2. The van der Waals surface area contributed by atoms with Gasteiger partial charge in [-0.3, -0.25) is 9.59 Å². The van der Waals surface area contributed by atoms with Gasteiger partial charge >= 0.3 is 0 Å². The third kappa shape index (κ3) is 5.86. The number of rotatable bonds is 6. The molecule has 102 valence electrons. The standard InChI is InChI=1S/C15H20N2O2/c1-3-7-12(2)15(19)16-11-10-14(18)17-13-8-5-4-6-9-13/h4-9H,3,10-11H2,1-2H3,(H,16,19)(H,17,18). The van der Waals surface area contributed by atoms with Gasteiger partial charge in [0.25, 0.3) is 0 Å². The smallest absolute Gasteiger partial charge is 0.246 e. The molecule has 0 bridgehead atoms. The molecule has 0 fully saturated rings. The van der Waals surface area contributed by atoms with Crippen LogP contribution in [-0.2, 0) is 9.59 Å². The van der Waals surface area contributed by atoms with Gasteiger partial charge in [0.2, 0.25) is 11.8 Å². The predicted octanol–water partition coefficient (Wildman–Crippen LogP) is 2.49. The molecule has 0 atom stereocenters. The molecular formula is C15H20N2O2. The zero-order valence-electron chi connectivity index (χ0n) is 11.4. The zero-order chi connectivity index (χ0) is 14.1. The van der Waals surface area contributed by atoms with Gasteiger partial charge in [-0.25, -0.2) is 0 Å². The van der Waals surface area contributed by atoms with E-state index in [2.05, 4.69) is 10.6 Å². The maximum atomic E-state index is 11.6. The number of hydrogen-bond donors (Lipinski definition) is 2. The van der Waals surface area contributed by atoms with Crippen LogP contribution in [0.15, 0.2) is 42.0 Å². The first-order valence-corrected chi connectivity index (χ1v) is 6.43. The van der Waals surface area contributed by atoms with Gasteiger partial charge in [0.1, 0.15) is 0 Å². The quantitative estimate of drug-likeness (QED) is 0.772. The normalized spacial score (nSPS) is 10.9. The van der Waals surface area contributed by atoms with Crippen LogP contribution in [0.5, 0.6) is 0 Å². The lowest BCUT2D eigenvalue weighted by atomic mass is 10.2.